The summed E-state index contributed by atoms with van der Waals surface area (Å²) in [4.78, 5) is 38.7. The molecule has 31 heavy (non-hydrogen) atoms. The molecule has 0 radical (unpaired) electrons. The summed E-state index contributed by atoms with van der Waals surface area (Å²) < 4.78 is 0.275. The van der Waals surface area contributed by atoms with E-state index in [1.165, 1.54) is 38.5 Å². The number of hydrogen-bond donors (Lipinski definition) is 2. The number of aliphatic hydroxyl groups excluding tert-OH is 1. The van der Waals surface area contributed by atoms with Crippen LogP contribution in [0.3, 0.4) is 0 Å². The van der Waals surface area contributed by atoms with Crippen LogP contribution in [0.25, 0.3) is 0 Å². The number of ketones is 2. The normalized spacial score (nSPS) is 22.7. The third kappa shape index (κ3) is 9.40. The van der Waals surface area contributed by atoms with Gasteiger partial charge in [0.15, 0.2) is 11.6 Å². The van der Waals surface area contributed by atoms with Crippen LogP contribution >= 0.6 is 0 Å². The van der Waals surface area contributed by atoms with Crippen LogP contribution in [0.2, 0.25) is 0 Å². The monoisotopic (exact) mass is 440 g/mol. The topological polar surface area (TPSA) is 91.7 Å². The summed E-state index contributed by atoms with van der Waals surface area (Å²) in [6.07, 6.45) is 13.2. The van der Waals surface area contributed by atoms with Gasteiger partial charge in [-0.1, -0.05) is 77.0 Å². The number of aliphatic hydroxyl groups is 1. The average molecular weight is 441 g/mol. The lowest BCUT2D eigenvalue weighted by Gasteiger charge is -2.35. The number of carboxylic acid groups (broad SMARTS) is 1. The molecule has 0 aromatic heterocycles. The summed E-state index contributed by atoms with van der Waals surface area (Å²) >= 11 is 0. The molecular weight excluding hydrogens is 394 g/mol. The van der Waals surface area contributed by atoms with Crippen molar-refractivity contribution in [1.29, 1.82) is 0 Å². The molecule has 1 aliphatic rings. The Hall–Kier alpha value is -1.27. The predicted molar refractivity (Wildman–Crippen MR) is 123 cm³/mol. The van der Waals surface area contributed by atoms with Gasteiger partial charge in [0.2, 0.25) is 5.41 Å². The van der Waals surface area contributed by atoms with E-state index in [1.807, 2.05) is 21.1 Å². The van der Waals surface area contributed by atoms with Gasteiger partial charge in [0, 0.05) is 12.8 Å². The first-order valence-corrected chi connectivity index (χ1v) is 12.4. The minimum Gasteiger partial charge on any atom is -0.480 e. The van der Waals surface area contributed by atoms with Crippen LogP contribution in [0, 0.1) is 5.41 Å². The number of aliphatic carboxylic acids is 1. The van der Waals surface area contributed by atoms with E-state index >= 15 is 0 Å². The van der Waals surface area contributed by atoms with Crippen molar-refractivity contribution in [1.82, 2.24) is 0 Å². The Morgan fingerprint density at radius 1 is 0.742 bits per heavy atom. The number of nitrogens with zero attached hydrogens (tertiary/aromatic N) is 1. The Morgan fingerprint density at radius 2 is 1.03 bits per heavy atom. The zero-order valence-corrected chi connectivity index (χ0v) is 20.2. The van der Waals surface area contributed by atoms with Gasteiger partial charge >= 0.3 is 5.97 Å². The second kappa shape index (κ2) is 14.0. The molecule has 0 bridgehead atoms. The zero-order chi connectivity index (χ0) is 23.3. The molecule has 2 N–H and O–H groups in total. The van der Waals surface area contributed by atoms with Gasteiger partial charge in [0.05, 0.1) is 21.1 Å². The van der Waals surface area contributed by atoms with Gasteiger partial charge in [0.1, 0.15) is 12.6 Å². The van der Waals surface area contributed by atoms with Gasteiger partial charge in [-0.25, -0.2) is 0 Å². The summed E-state index contributed by atoms with van der Waals surface area (Å²) in [5, 5.41) is 21.0. The Kier molecular flexibility index (Phi) is 12.5. The van der Waals surface area contributed by atoms with Crippen molar-refractivity contribution in [2.45, 2.75) is 109 Å². The van der Waals surface area contributed by atoms with E-state index in [9.17, 15) is 24.6 Å². The van der Waals surface area contributed by atoms with Gasteiger partial charge in [-0.15, -0.1) is 0 Å². The Bertz CT molecular complexity index is 537. The lowest BCUT2D eigenvalue weighted by Crippen LogP contribution is -2.59. The molecule has 180 valence electrons. The maximum absolute atomic E-state index is 13.2. The van der Waals surface area contributed by atoms with Gasteiger partial charge in [-0.2, -0.15) is 0 Å². The Morgan fingerprint density at radius 3 is 1.29 bits per heavy atom. The highest BCUT2D eigenvalue weighted by Crippen LogP contribution is 2.32. The molecule has 6 nitrogen and oxygen atoms in total. The van der Waals surface area contributed by atoms with Crippen molar-refractivity contribution in [2.24, 2.45) is 5.41 Å². The summed E-state index contributed by atoms with van der Waals surface area (Å²) in [6.45, 7) is 0.0315. The SMILES string of the molecule is C[N+](C)(C)CC(O)C1(C(=O)O)C(=O)CCCCCCCCCCCCCCCCC1=O. The minimum absolute atomic E-state index is 0.0315. The molecule has 1 rings (SSSR count). The van der Waals surface area contributed by atoms with Crippen LogP contribution in [-0.4, -0.2) is 66.0 Å². The number of quaternary nitrogens is 1. The molecule has 0 saturated heterocycles. The highest BCUT2D eigenvalue weighted by molar-refractivity contribution is 6.22. The number of rotatable bonds is 4. The average Bonchev–Trinajstić information content (AvgIpc) is 2.65. The third-order valence-corrected chi connectivity index (χ3v) is 6.50. The fourth-order valence-corrected chi connectivity index (χ4v) is 4.65. The van der Waals surface area contributed by atoms with Crippen molar-refractivity contribution in [3.8, 4) is 0 Å². The molecule has 0 amide bonds. The van der Waals surface area contributed by atoms with Gasteiger partial charge in [0.25, 0.3) is 0 Å². The van der Waals surface area contributed by atoms with Crippen LogP contribution in [0.4, 0.5) is 0 Å². The number of carbonyl (C=O) groups excluding carboxylic acids is 2. The molecule has 1 aliphatic carbocycles. The summed E-state index contributed by atoms with van der Waals surface area (Å²) in [6, 6.07) is 0. The van der Waals surface area contributed by atoms with E-state index in [0.717, 1.165) is 38.5 Å². The maximum atomic E-state index is 13.2. The van der Waals surface area contributed by atoms with E-state index in [1.54, 1.807) is 0 Å². The molecule has 0 aromatic carbocycles. The fraction of sp³-hybridized carbons (Fsp3) is 0.880. The van der Waals surface area contributed by atoms with Crippen LogP contribution in [0.15, 0.2) is 0 Å². The molecule has 0 heterocycles. The van der Waals surface area contributed by atoms with Crippen molar-refractivity contribution in [3.63, 3.8) is 0 Å². The molecular formula is C25H46NO5+. The molecule has 0 spiro atoms. The molecule has 1 unspecified atom stereocenters. The van der Waals surface area contributed by atoms with Crippen LogP contribution in [-0.2, 0) is 14.4 Å². The highest BCUT2D eigenvalue weighted by Gasteiger charge is 2.58. The molecule has 0 aromatic rings. The lowest BCUT2D eigenvalue weighted by atomic mass is 9.71. The van der Waals surface area contributed by atoms with Gasteiger partial charge in [-0.3, -0.25) is 14.4 Å². The van der Waals surface area contributed by atoms with Gasteiger partial charge in [-0.05, 0) is 12.8 Å². The molecule has 1 fully saturated rings. The maximum Gasteiger partial charge on any atom is 0.327 e. The van der Waals surface area contributed by atoms with E-state index in [4.69, 9.17) is 0 Å². The summed E-state index contributed by atoms with van der Waals surface area (Å²) in [5.41, 5.74) is -2.34. The van der Waals surface area contributed by atoms with Crippen molar-refractivity contribution in [2.75, 3.05) is 27.7 Å². The van der Waals surface area contributed by atoms with E-state index < -0.39 is 29.1 Å². The van der Waals surface area contributed by atoms with E-state index in [2.05, 4.69) is 0 Å². The smallest absolute Gasteiger partial charge is 0.327 e. The molecule has 1 saturated carbocycles. The van der Waals surface area contributed by atoms with Gasteiger partial charge < -0.3 is 14.7 Å². The van der Waals surface area contributed by atoms with E-state index in [-0.39, 0.29) is 23.9 Å². The van der Waals surface area contributed by atoms with E-state index in [0.29, 0.717) is 12.8 Å². The predicted octanol–water partition coefficient (Wildman–Crippen LogP) is 4.52. The van der Waals surface area contributed by atoms with Crippen LogP contribution < -0.4 is 0 Å². The first kappa shape index (κ1) is 27.8. The number of hydrogen-bond acceptors (Lipinski definition) is 4. The molecule has 0 aliphatic heterocycles. The van der Waals surface area contributed by atoms with Crippen molar-refractivity contribution >= 4 is 17.5 Å². The lowest BCUT2D eigenvalue weighted by molar-refractivity contribution is -0.874. The third-order valence-electron chi connectivity index (χ3n) is 6.50. The quantitative estimate of drug-likeness (QED) is 0.495. The summed E-state index contributed by atoms with van der Waals surface area (Å²) in [7, 11) is 5.45. The number of carbonyl (C=O) groups is 3. The first-order valence-electron chi connectivity index (χ1n) is 12.4. The number of Topliss-reactive ketones (excluding diaryl/α,β-unsaturated/α-hetero) is 2. The number of carboxylic acids is 1. The fourth-order valence-electron chi connectivity index (χ4n) is 4.65. The minimum atomic E-state index is -2.34. The zero-order valence-electron chi connectivity index (χ0n) is 20.2. The Balaban J connectivity index is 3.00. The highest BCUT2D eigenvalue weighted by atomic mass is 16.4. The number of likely N-dealkylation sites (N-methyl/N-ethyl adjacent to an activating group) is 1. The van der Waals surface area contributed by atoms with Crippen LogP contribution in [0.5, 0.6) is 0 Å². The largest absolute Gasteiger partial charge is 0.480 e. The standard InChI is InChI=1S/C25H45NO5/c1-26(2,3)20-23(29)25(24(30)31)21(27)18-16-14-12-10-8-6-4-5-7-9-11-13-15-17-19-22(25)28/h23,29H,4-20H2,1-3H3/p+1. The second-order valence-electron chi connectivity index (χ2n) is 10.4. The summed E-state index contributed by atoms with van der Waals surface area (Å²) in [5.74, 6) is -2.73. The van der Waals surface area contributed by atoms with Crippen molar-refractivity contribution in [3.05, 3.63) is 0 Å². The Labute approximate surface area is 189 Å². The molecule has 6 heteroatoms. The van der Waals surface area contributed by atoms with Crippen LogP contribution in [0.1, 0.15) is 103 Å². The van der Waals surface area contributed by atoms with Crippen molar-refractivity contribution < 1.29 is 29.1 Å². The molecule has 1 atom stereocenters. The first-order chi connectivity index (χ1) is 14.6. The second-order valence-corrected chi connectivity index (χ2v) is 10.4.